The topological polar surface area (TPSA) is 69.6 Å². The molecule has 0 bridgehead atoms. The second-order valence-electron chi connectivity index (χ2n) is 4.89. The van der Waals surface area contributed by atoms with Crippen molar-refractivity contribution in [3.05, 3.63) is 53.3 Å². The first-order valence-electron chi connectivity index (χ1n) is 6.48. The van der Waals surface area contributed by atoms with Gasteiger partial charge in [-0.05, 0) is 48.5 Å². The molecule has 5 nitrogen and oxygen atoms in total. The van der Waals surface area contributed by atoms with Crippen molar-refractivity contribution in [1.29, 1.82) is 0 Å². The zero-order valence-corrected chi connectivity index (χ0v) is 11.7. The van der Waals surface area contributed by atoms with Gasteiger partial charge in [0, 0.05) is 16.8 Å². The molecule has 3 aromatic rings. The summed E-state index contributed by atoms with van der Waals surface area (Å²) in [7, 11) is 0. The molecule has 0 unspecified atom stereocenters. The van der Waals surface area contributed by atoms with Crippen LogP contribution in [0.25, 0.3) is 17.1 Å². The zero-order valence-electron chi connectivity index (χ0n) is 11.7. The highest BCUT2D eigenvalue weighted by Crippen LogP contribution is 2.27. The normalized spacial score (nSPS) is 10.8. The highest BCUT2D eigenvalue weighted by molar-refractivity contribution is 5.73. The van der Waals surface area contributed by atoms with E-state index in [0.29, 0.717) is 22.8 Å². The van der Waals surface area contributed by atoms with Crippen LogP contribution in [0.3, 0.4) is 0 Å². The number of hydrogen-bond acceptors (Lipinski definition) is 4. The SMILES string of the molecule is Cc1ccc(N)c(-c2nnnn2-c2cccc(F)c2C)c1. The molecule has 21 heavy (non-hydrogen) atoms. The standard InChI is InChI=1S/C15H14FN5/c1-9-6-7-13(17)11(8-9)15-18-19-20-21(15)14-5-3-4-12(16)10(14)2/h3-8H,17H2,1-2H3. The molecule has 1 heterocycles. The van der Waals surface area contributed by atoms with E-state index in [1.807, 2.05) is 25.1 Å². The lowest BCUT2D eigenvalue weighted by Crippen LogP contribution is -2.04. The smallest absolute Gasteiger partial charge is 0.189 e. The summed E-state index contributed by atoms with van der Waals surface area (Å²) in [5.41, 5.74) is 9.44. The van der Waals surface area contributed by atoms with Crippen LogP contribution in [0.4, 0.5) is 10.1 Å². The van der Waals surface area contributed by atoms with Gasteiger partial charge in [-0.15, -0.1) is 5.10 Å². The summed E-state index contributed by atoms with van der Waals surface area (Å²) in [6.45, 7) is 3.65. The number of halogens is 1. The van der Waals surface area contributed by atoms with Gasteiger partial charge in [-0.2, -0.15) is 4.68 Å². The summed E-state index contributed by atoms with van der Waals surface area (Å²) in [5, 5.41) is 11.7. The van der Waals surface area contributed by atoms with E-state index in [0.717, 1.165) is 11.1 Å². The Morgan fingerprint density at radius 1 is 1.14 bits per heavy atom. The number of anilines is 1. The highest BCUT2D eigenvalue weighted by atomic mass is 19.1. The van der Waals surface area contributed by atoms with Gasteiger partial charge in [0.2, 0.25) is 0 Å². The van der Waals surface area contributed by atoms with Crippen molar-refractivity contribution in [3.8, 4) is 17.1 Å². The maximum atomic E-state index is 13.7. The number of rotatable bonds is 2. The van der Waals surface area contributed by atoms with E-state index < -0.39 is 0 Å². The van der Waals surface area contributed by atoms with Crippen LogP contribution in [0, 0.1) is 19.7 Å². The van der Waals surface area contributed by atoms with Crippen molar-refractivity contribution >= 4 is 5.69 Å². The fraction of sp³-hybridized carbons (Fsp3) is 0.133. The third-order valence-electron chi connectivity index (χ3n) is 3.39. The largest absolute Gasteiger partial charge is 0.398 e. The number of nitrogens with two attached hydrogens (primary N) is 1. The Morgan fingerprint density at radius 2 is 1.95 bits per heavy atom. The minimum atomic E-state index is -0.300. The lowest BCUT2D eigenvalue weighted by atomic mass is 10.1. The molecule has 3 rings (SSSR count). The molecule has 0 spiro atoms. The number of aryl methyl sites for hydroxylation is 1. The van der Waals surface area contributed by atoms with Gasteiger partial charge < -0.3 is 5.73 Å². The minimum Gasteiger partial charge on any atom is -0.398 e. The van der Waals surface area contributed by atoms with Crippen LogP contribution in [0.5, 0.6) is 0 Å². The Hall–Kier alpha value is -2.76. The summed E-state index contributed by atoms with van der Waals surface area (Å²) >= 11 is 0. The number of tetrazole rings is 1. The molecule has 0 aliphatic carbocycles. The Kier molecular flexibility index (Phi) is 3.13. The van der Waals surface area contributed by atoms with Crippen LogP contribution in [0.1, 0.15) is 11.1 Å². The van der Waals surface area contributed by atoms with Gasteiger partial charge in [0.25, 0.3) is 0 Å². The van der Waals surface area contributed by atoms with E-state index in [2.05, 4.69) is 15.5 Å². The molecule has 0 saturated carbocycles. The molecule has 0 fully saturated rings. The average Bonchev–Trinajstić information content (AvgIpc) is 2.93. The molecule has 2 N–H and O–H groups in total. The maximum absolute atomic E-state index is 13.7. The van der Waals surface area contributed by atoms with Crippen molar-refractivity contribution in [1.82, 2.24) is 20.2 Å². The van der Waals surface area contributed by atoms with Crippen LogP contribution in [0.2, 0.25) is 0 Å². The molecule has 0 aliphatic heterocycles. The summed E-state index contributed by atoms with van der Waals surface area (Å²) < 4.78 is 15.2. The van der Waals surface area contributed by atoms with Gasteiger partial charge in [0.05, 0.1) is 5.69 Å². The molecular formula is C15H14FN5. The summed E-state index contributed by atoms with van der Waals surface area (Å²) in [6, 6.07) is 10.4. The Bertz CT molecular complexity index is 793. The van der Waals surface area contributed by atoms with E-state index in [9.17, 15) is 4.39 Å². The number of nitrogen functional groups attached to an aromatic ring is 1. The number of nitrogens with zero attached hydrogens (tertiary/aromatic N) is 4. The number of benzene rings is 2. The van der Waals surface area contributed by atoms with Crippen molar-refractivity contribution in [3.63, 3.8) is 0 Å². The van der Waals surface area contributed by atoms with E-state index >= 15 is 0 Å². The summed E-state index contributed by atoms with van der Waals surface area (Å²) in [5.74, 6) is 0.191. The lowest BCUT2D eigenvalue weighted by molar-refractivity contribution is 0.614. The van der Waals surface area contributed by atoms with Gasteiger partial charge in [-0.25, -0.2) is 4.39 Å². The number of hydrogen-bond donors (Lipinski definition) is 1. The first-order valence-corrected chi connectivity index (χ1v) is 6.48. The van der Waals surface area contributed by atoms with Gasteiger partial charge in [0.15, 0.2) is 5.82 Å². The Morgan fingerprint density at radius 3 is 2.76 bits per heavy atom. The predicted octanol–water partition coefficient (Wildman–Crippen LogP) is 2.67. The predicted molar refractivity (Wildman–Crippen MR) is 78.4 cm³/mol. The van der Waals surface area contributed by atoms with Gasteiger partial charge in [-0.3, -0.25) is 0 Å². The van der Waals surface area contributed by atoms with Crippen LogP contribution < -0.4 is 5.73 Å². The second kappa shape index (κ2) is 4.97. The second-order valence-corrected chi connectivity index (χ2v) is 4.89. The van der Waals surface area contributed by atoms with E-state index in [-0.39, 0.29) is 5.82 Å². The average molecular weight is 283 g/mol. The first-order chi connectivity index (χ1) is 10.1. The third-order valence-corrected chi connectivity index (χ3v) is 3.39. The molecule has 2 aromatic carbocycles. The summed E-state index contributed by atoms with van der Waals surface area (Å²) in [6.07, 6.45) is 0. The van der Waals surface area contributed by atoms with E-state index in [1.54, 1.807) is 19.1 Å². The molecule has 0 aliphatic rings. The third kappa shape index (κ3) is 2.24. The molecule has 0 amide bonds. The molecular weight excluding hydrogens is 269 g/mol. The Labute approximate surface area is 121 Å². The van der Waals surface area contributed by atoms with Crippen LogP contribution in [-0.4, -0.2) is 20.2 Å². The first kappa shape index (κ1) is 13.2. The molecule has 1 aromatic heterocycles. The zero-order chi connectivity index (χ0) is 15.0. The van der Waals surface area contributed by atoms with Crippen molar-refractivity contribution in [2.45, 2.75) is 13.8 Å². The van der Waals surface area contributed by atoms with Crippen molar-refractivity contribution in [2.24, 2.45) is 0 Å². The van der Waals surface area contributed by atoms with E-state index in [4.69, 9.17) is 5.73 Å². The number of aromatic nitrogens is 4. The molecule has 106 valence electrons. The molecule has 0 saturated heterocycles. The van der Waals surface area contributed by atoms with Crippen LogP contribution in [0.15, 0.2) is 36.4 Å². The van der Waals surface area contributed by atoms with E-state index in [1.165, 1.54) is 10.7 Å². The van der Waals surface area contributed by atoms with Gasteiger partial charge >= 0.3 is 0 Å². The quantitative estimate of drug-likeness (QED) is 0.734. The van der Waals surface area contributed by atoms with Crippen LogP contribution in [-0.2, 0) is 0 Å². The molecule has 0 atom stereocenters. The van der Waals surface area contributed by atoms with Crippen molar-refractivity contribution in [2.75, 3.05) is 5.73 Å². The fourth-order valence-electron chi connectivity index (χ4n) is 2.21. The molecule has 6 heteroatoms. The maximum Gasteiger partial charge on any atom is 0.189 e. The van der Waals surface area contributed by atoms with Crippen molar-refractivity contribution < 1.29 is 4.39 Å². The van der Waals surface area contributed by atoms with Crippen LogP contribution >= 0.6 is 0 Å². The monoisotopic (exact) mass is 283 g/mol. The Balaban J connectivity index is 2.22. The minimum absolute atomic E-state index is 0.300. The lowest BCUT2D eigenvalue weighted by Gasteiger charge is -2.10. The fourth-order valence-corrected chi connectivity index (χ4v) is 2.21. The molecule has 0 radical (unpaired) electrons. The van der Waals surface area contributed by atoms with Gasteiger partial charge in [-0.1, -0.05) is 17.7 Å². The highest BCUT2D eigenvalue weighted by Gasteiger charge is 2.16. The van der Waals surface area contributed by atoms with Gasteiger partial charge in [0.1, 0.15) is 5.82 Å². The summed E-state index contributed by atoms with van der Waals surface area (Å²) in [4.78, 5) is 0.